The fourth-order valence-electron chi connectivity index (χ4n) is 2.47. The SMILES string of the molecule is O=C(NCCc1cn2cc(F)ccc2n1)c1ccccc1C(F)(F)F. The predicted molar refractivity (Wildman–Crippen MR) is 82.6 cm³/mol. The molecular weight excluding hydrogens is 338 g/mol. The number of pyridine rings is 1. The monoisotopic (exact) mass is 351 g/mol. The van der Waals surface area contributed by atoms with Crippen molar-refractivity contribution >= 4 is 11.6 Å². The zero-order valence-corrected chi connectivity index (χ0v) is 12.8. The zero-order chi connectivity index (χ0) is 18.0. The molecule has 0 bridgehead atoms. The number of hydrogen-bond donors (Lipinski definition) is 1. The molecule has 8 heteroatoms. The van der Waals surface area contributed by atoms with Gasteiger partial charge in [-0.2, -0.15) is 13.2 Å². The van der Waals surface area contributed by atoms with Gasteiger partial charge < -0.3 is 9.72 Å². The Morgan fingerprint density at radius 2 is 1.88 bits per heavy atom. The first-order valence-corrected chi connectivity index (χ1v) is 7.42. The molecule has 4 nitrogen and oxygen atoms in total. The van der Waals surface area contributed by atoms with Gasteiger partial charge in [0.1, 0.15) is 11.5 Å². The third-order valence-corrected chi connectivity index (χ3v) is 3.61. The number of fused-ring (bicyclic) bond motifs is 1. The number of imidazole rings is 1. The Bertz CT molecular complexity index is 918. The number of carbonyl (C=O) groups excluding carboxylic acids is 1. The minimum absolute atomic E-state index is 0.109. The fraction of sp³-hybridized carbons (Fsp3) is 0.176. The average Bonchev–Trinajstić information content (AvgIpc) is 2.95. The maximum absolute atomic E-state index is 13.1. The molecule has 0 aliphatic rings. The van der Waals surface area contributed by atoms with Gasteiger partial charge in [0, 0.05) is 25.4 Å². The molecule has 0 unspecified atom stereocenters. The van der Waals surface area contributed by atoms with Gasteiger partial charge in [0.2, 0.25) is 0 Å². The number of hydrogen-bond acceptors (Lipinski definition) is 2. The topological polar surface area (TPSA) is 46.4 Å². The van der Waals surface area contributed by atoms with E-state index in [4.69, 9.17) is 0 Å². The van der Waals surface area contributed by atoms with E-state index in [9.17, 15) is 22.4 Å². The van der Waals surface area contributed by atoms with Crippen LogP contribution in [-0.4, -0.2) is 21.8 Å². The van der Waals surface area contributed by atoms with Crippen LogP contribution >= 0.6 is 0 Å². The molecule has 2 aromatic heterocycles. The number of nitrogens with one attached hydrogen (secondary N) is 1. The molecule has 3 rings (SSSR count). The van der Waals surface area contributed by atoms with Crippen molar-refractivity contribution in [2.24, 2.45) is 0 Å². The van der Waals surface area contributed by atoms with Gasteiger partial charge in [-0.25, -0.2) is 9.37 Å². The van der Waals surface area contributed by atoms with Gasteiger partial charge in [-0.1, -0.05) is 12.1 Å². The minimum Gasteiger partial charge on any atom is -0.352 e. The molecule has 0 aliphatic carbocycles. The molecule has 0 saturated carbocycles. The smallest absolute Gasteiger partial charge is 0.352 e. The summed E-state index contributed by atoms with van der Waals surface area (Å²) in [6.45, 7) is 0.109. The fourth-order valence-corrected chi connectivity index (χ4v) is 2.47. The van der Waals surface area contributed by atoms with Gasteiger partial charge >= 0.3 is 6.18 Å². The molecule has 1 N–H and O–H groups in total. The van der Waals surface area contributed by atoms with Gasteiger partial charge in [-0.05, 0) is 24.3 Å². The van der Waals surface area contributed by atoms with Crippen LogP contribution < -0.4 is 5.32 Å². The molecular formula is C17H13F4N3O. The highest BCUT2D eigenvalue weighted by molar-refractivity contribution is 5.95. The lowest BCUT2D eigenvalue weighted by molar-refractivity contribution is -0.137. The Labute approximate surface area is 140 Å². The summed E-state index contributed by atoms with van der Waals surface area (Å²) in [7, 11) is 0. The predicted octanol–water partition coefficient (Wildman–Crippen LogP) is 3.46. The van der Waals surface area contributed by atoms with Gasteiger partial charge in [0.25, 0.3) is 5.91 Å². The van der Waals surface area contributed by atoms with Gasteiger partial charge in [0.05, 0.1) is 16.8 Å². The van der Waals surface area contributed by atoms with E-state index in [1.165, 1.54) is 34.9 Å². The molecule has 1 aromatic carbocycles. The third kappa shape index (κ3) is 3.78. The van der Waals surface area contributed by atoms with E-state index >= 15 is 0 Å². The van der Waals surface area contributed by atoms with E-state index in [1.807, 2.05) is 0 Å². The number of amides is 1. The summed E-state index contributed by atoms with van der Waals surface area (Å²) in [5.74, 6) is -1.21. The first-order chi connectivity index (χ1) is 11.8. The first kappa shape index (κ1) is 16.9. The number of aromatic nitrogens is 2. The van der Waals surface area contributed by atoms with Gasteiger partial charge in [-0.15, -0.1) is 0 Å². The normalized spacial score (nSPS) is 11.7. The van der Waals surface area contributed by atoms with Crippen LogP contribution in [0.5, 0.6) is 0 Å². The van der Waals surface area contributed by atoms with Crippen molar-refractivity contribution in [2.75, 3.05) is 6.54 Å². The first-order valence-electron chi connectivity index (χ1n) is 7.42. The lowest BCUT2D eigenvalue weighted by Crippen LogP contribution is -2.28. The minimum atomic E-state index is -4.60. The standard InChI is InChI=1S/C17H13F4N3O/c18-11-5-6-15-23-12(10-24(15)9-11)7-8-22-16(25)13-3-1-2-4-14(13)17(19,20)21/h1-6,9-10H,7-8H2,(H,22,25). The van der Waals surface area contributed by atoms with Crippen molar-refractivity contribution in [3.05, 3.63) is 71.4 Å². The van der Waals surface area contributed by atoms with Crippen LogP contribution in [0.3, 0.4) is 0 Å². The molecule has 0 atom stereocenters. The largest absolute Gasteiger partial charge is 0.417 e. The summed E-state index contributed by atoms with van der Waals surface area (Å²) in [6.07, 6.45) is -1.42. The Hall–Kier alpha value is -2.90. The van der Waals surface area contributed by atoms with Crippen molar-refractivity contribution in [3.8, 4) is 0 Å². The van der Waals surface area contributed by atoms with E-state index in [-0.39, 0.29) is 6.54 Å². The second-order valence-electron chi connectivity index (χ2n) is 5.39. The van der Waals surface area contributed by atoms with Crippen molar-refractivity contribution in [3.63, 3.8) is 0 Å². The third-order valence-electron chi connectivity index (χ3n) is 3.61. The number of halogens is 4. The van der Waals surface area contributed by atoms with Crippen molar-refractivity contribution < 1.29 is 22.4 Å². The van der Waals surface area contributed by atoms with Crippen LogP contribution in [0.4, 0.5) is 17.6 Å². The quantitative estimate of drug-likeness (QED) is 0.732. The average molecular weight is 351 g/mol. The molecule has 0 fully saturated rings. The Kier molecular flexibility index (Phi) is 4.43. The summed E-state index contributed by atoms with van der Waals surface area (Å²) >= 11 is 0. The molecule has 130 valence electrons. The Morgan fingerprint density at radius 3 is 2.64 bits per heavy atom. The van der Waals surface area contributed by atoms with Crippen LogP contribution in [0.1, 0.15) is 21.6 Å². The molecule has 2 heterocycles. The van der Waals surface area contributed by atoms with Crippen LogP contribution in [0.25, 0.3) is 5.65 Å². The summed E-state index contributed by atoms with van der Waals surface area (Å²) in [5, 5.41) is 2.45. The van der Waals surface area contributed by atoms with Crippen LogP contribution in [0.2, 0.25) is 0 Å². The summed E-state index contributed by atoms with van der Waals surface area (Å²) in [5.41, 5.74) is -0.261. The maximum atomic E-state index is 13.1. The number of rotatable bonds is 4. The van der Waals surface area contributed by atoms with E-state index in [1.54, 1.807) is 6.20 Å². The van der Waals surface area contributed by atoms with Crippen LogP contribution in [0, 0.1) is 5.82 Å². The van der Waals surface area contributed by atoms with Crippen molar-refractivity contribution in [1.82, 2.24) is 14.7 Å². The lowest BCUT2D eigenvalue weighted by atomic mass is 10.1. The molecule has 1 amide bonds. The summed E-state index contributed by atoms with van der Waals surface area (Å²) in [4.78, 5) is 16.3. The van der Waals surface area contributed by atoms with Crippen LogP contribution in [0.15, 0.2) is 48.8 Å². The molecule has 3 aromatic rings. The van der Waals surface area contributed by atoms with E-state index in [2.05, 4.69) is 10.3 Å². The molecule has 25 heavy (non-hydrogen) atoms. The highest BCUT2D eigenvalue weighted by Crippen LogP contribution is 2.31. The van der Waals surface area contributed by atoms with E-state index < -0.39 is 29.0 Å². The summed E-state index contributed by atoms with van der Waals surface area (Å²) in [6, 6.07) is 7.40. The number of benzene rings is 1. The van der Waals surface area contributed by atoms with Crippen molar-refractivity contribution in [2.45, 2.75) is 12.6 Å². The van der Waals surface area contributed by atoms with Crippen LogP contribution in [-0.2, 0) is 12.6 Å². The Morgan fingerprint density at radius 1 is 1.12 bits per heavy atom. The number of alkyl halides is 3. The molecule has 0 saturated heterocycles. The highest BCUT2D eigenvalue weighted by atomic mass is 19.4. The number of nitrogens with zero attached hydrogens (tertiary/aromatic N) is 2. The van der Waals surface area contributed by atoms with E-state index in [0.29, 0.717) is 17.8 Å². The summed E-state index contributed by atoms with van der Waals surface area (Å²) < 4.78 is 53.4. The highest BCUT2D eigenvalue weighted by Gasteiger charge is 2.34. The molecule has 0 aliphatic heterocycles. The second-order valence-corrected chi connectivity index (χ2v) is 5.39. The maximum Gasteiger partial charge on any atom is 0.417 e. The second kappa shape index (κ2) is 6.54. The zero-order valence-electron chi connectivity index (χ0n) is 12.8. The van der Waals surface area contributed by atoms with Crippen molar-refractivity contribution in [1.29, 1.82) is 0 Å². The molecule has 0 spiro atoms. The van der Waals surface area contributed by atoms with Gasteiger partial charge in [0.15, 0.2) is 0 Å². The van der Waals surface area contributed by atoms with E-state index in [0.717, 1.165) is 12.1 Å². The number of carbonyl (C=O) groups is 1. The molecule has 0 radical (unpaired) electrons. The van der Waals surface area contributed by atoms with Gasteiger partial charge in [-0.3, -0.25) is 4.79 Å². The lowest BCUT2D eigenvalue weighted by Gasteiger charge is -2.12. The Balaban J connectivity index is 1.66.